The molecule has 0 aliphatic heterocycles. The lowest BCUT2D eigenvalue weighted by Crippen LogP contribution is -2.44. The second kappa shape index (κ2) is 6.10. The minimum absolute atomic E-state index is 0.186. The van der Waals surface area contributed by atoms with Gasteiger partial charge in [0.25, 0.3) is 5.91 Å². The fourth-order valence-electron chi connectivity index (χ4n) is 2.65. The number of amides is 1. The Bertz CT molecular complexity index is 603. The van der Waals surface area contributed by atoms with Crippen molar-refractivity contribution in [3.05, 3.63) is 42.1 Å². The van der Waals surface area contributed by atoms with Crippen molar-refractivity contribution in [2.45, 2.75) is 25.3 Å². The number of hydrogen-bond donors (Lipinski definition) is 2. The zero-order chi connectivity index (χ0) is 14.7. The zero-order valence-electron chi connectivity index (χ0n) is 11.7. The van der Waals surface area contributed by atoms with Crippen LogP contribution < -0.4 is 5.32 Å². The molecule has 0 unspecified atom stereocenters. The van der Waals surface area contributed by atoms with Crippen LogP contribution in [0.25, 0.3) is 11.3 Å². The maximum atomic E-state index is 12.1. The fourth-order valence-corrected chi connectivity index (χ4v) is 2.65. The zero-order valence-corrected chi connectivity index (χ0v) is 11.7. The van der Waals surface area contributed by atoms with Crippen LogP contribution in [0.2, 0.25) is 0 Å². The lowest BCUT2D eigenvalue weighted by atomic mass is 9.78. The summed E-state index contributed by atoms with van der Waals surface area (Å²) >= 11 is 0. The smallest absolute Gasteiger partial charge is 0.273 e. The highest BCUT2D eigenvalue weighted by Gasteiger charge is 2.30. The highest BCUT2D eigenvalue weighted by atomic mass is 16.5. The van der Waals surface area contributed by atoms with Crippen LogP contribution in [0.1, 0.15) is 29.8 Å². The van der Waals surface area contributed by atoms with Gasteiger partial charge in [-0.1, -0.05) is 35.5 Å². The fraction of sp³-hybridized carbons (Fsp3) is 0.375. The molecule has 2 N–H and O–H groups in total. The van der Waals surface area contributed by atoms with Crippen LogP contribution in [0.4, 0.5) is 0 Å². The number of hydrogen-bond acceptors (Lipinski definition) is 4. The molecule has 1 saturated carbocycles. The molecule has 0 atom stereocenters. The molecule has 110 valence electrons. The molecule has 1 aromatic carbocycles. The summed E-state index contributed by atoms with van der Waals surface area (Å²) in [4.78, 5) is 12.1. The molecular formula is C16H18N2O3. The van der Waals surface area contributed by atoms with Gasteiger partial charge in [0, 0.05) is 24.3 Å². The molecule has 21 heavy (non-hydrogen) atoms. The first-order valence-corrected chi connectivity index (χ1v) is 7.20. The van der Waals surface area contributed by atoms with Crippen molar-refractivity contribution in [2.24, 2.45) is 5.92 Å². The monoisotopic (exact) mass is 286 g/mol. The van der Waals surface area contributed by atoms with Gasteiger partial charge in [0.1, 0.15) is 0 Å². The number of carbonyl (C=O) groups is 1. The van der Waals surface area contributed by atoms with Crippen molar-refractivity contribution in [3.8, 4) is 11.3 Å². The molecule has 1 aliphatic carbocycles. The second-order valence-electron chi connectivity index (χ2n) is 5.46. The molecular weight excluding hydrogens is 268 g/mol. The molecule has 2 aromatic rings. The van der Waals surface area contributed by atoms with E-state index in [1.54, 1.807) is 6.07 Å². The van der Waals surface area contributed by atoms with Crippen LogP contribution in [0.5, 0.6) is 0 Å². The molecule has 0 radical (unpaired) electrons. The van der Waals surface area contributed by atoms with E-state index in [4.69, 9.17) is 9.63 Å². The van der Waals surface area contributed by atoms with Crippen LogP contribution in [0.15, 0.2) is 40.9 Å². The molecule has 0 bridgehead atoms. The summed E-state index contributed by atoms with van der Waals surface area (Å²) in [6.07, 6.45) is 2.67. The Labute approximate surface area is 123 Å². The topological polar surface area (TPSA) is 75.4 Å². The van der Waals surface area contributed by atoms with Crippen molar-refractivity contribution in [1.82, 2.24) is 10.5 Å². The van der Waals surface area contributed by atoms with Gasteiger partial charge < -0.3 is 14.9 Å². The number of nitrogens with zero attached hydrogens (tertiary/aromatic N) is 1. The van der Waals surface area contributed by atoms with E-state index in [2.05, 4.69) is 10.5 Å². The molecule has 1 aliphatic rings. The molecule has 1 heterocycles. The third-order valence-corrected chi connectivity index (χ3v) is 3.91. The van der Waals surface area contributed by atoms with Gasteiger partial charge in [-0.2, -0.15) is 0 Å². The SMILES string of the molecule is O=C(N[C@H]1C[C@H](CCO)C1)c1cc(-c2ccccc2)on1. The summed E-state index contributed by atoms with van der Waals surface area (Å²) in [5.41, 5.74) is 1.20. The molecule has 0 spiro atoms. The van der Waals surface area contributed by atoms with Crippen LogP contribution >= 0.6 is 0 Å². The summed E-state index contributed by atoms with van der Waals surface area (Å²) in [5.74, 6) is 0.915. The third-order valence-electron chi connectivity index (χ3n) is 3.91. The molecule has 1 aromatic heterocycles. The maximum Gasteiger partial charge on any atom is 0.273 e. The number of aliphatic hydroxyl groups excluding tert-OH is 1. The first-order chi connectivity index (χ1) is 10.3. The Morgan fingerprint density at radius 3 is 2.81 bits per heavy atom. The molecule has 1 fully saturated rings. The van der Waals surface area contributed by atoms with Gasteiger partial charge in [0.15, 0.2) is 11.5 Å². The van der Waals surface area contributed by atoms with Crippen molar-refractivity contribution < 1.29 is 14.4 Å². The average Bonchev–Trinajstić information content (AvgIpc) is 2.96. The van der Waals surface area contributed by atoms with E-state index in [9.17, 15) is 4.79 Å². The lowest BCUT2D eigenvalue weighted by molar-refractivity contribution is 0.0866. The van der Waals surface area contributed by atoms with E-state index < -0.39 is 0 Å². The summed E-state index contributed by atoms with van der Waals surface area (Å²) in [6.45, 7) is 0.217. The van der Waals surface area contributed by atoms with Gasteiger partial charge in [-0.25, -0.2) is 0 Å². The largest absolute Gasteiger partial charge is 0.396 e. The van der Waals surface area contributed by atoms with Gasteiger partial charge in [0.05, 0.1) is 0 Å². The highest BCUT2D eigenvalue weighted by Crippen LogP contribution is 2.30. The Kier molecular flexibility index (Phi) is 4.01. The number of aromatic nitrogens is 1. The van der Waals surface area contributed by atoms with Gasteiger partial charge in [0.2, 0.25) is 0 Å². The van der Waals surface area contributed by atoms with E-state index in [1.807, 2.05) is 30.3 Å². The standard InChI is InChI=1S/C16H18N2O3/c19-7-6-11-8-13(9-11)17-16(20)14-10-15(21-18-14)12-4-2-1-3-5-12/h1-5,10-11,13,19H,6-9H2,(H,17,20)/t11-,13-. The van der Waals surface area contributed by atoms with Crippen molar-refractivity contribution in [2.75, 3.05) is 6.61 Å². The van der Waals surface area contributed by atoms with E-state index in [-0.39, 0.29) is 18.6 Å². The van der Waals surface area contributed by atoms with E-state index in [0.29, 0.717) is 17.4 Å². The summed E-state index contributed by atoms with van der Waals surface area (Å²) in [5, 5.41) is 15.6. The van der Waals surface area contributed by atoms with Crippen LogP contribution in [0, 0.1) is 5.92 Å². The quantitative estimate of drug-likeness (QED) is 0.884. The van der Waals surface area contributed by atoms with E-state index >= 15 is 0 Å². The first kappa shape index (κ1) is 13.8. The van der Waals surface area contributed by atoms with E-state index in [0.717, 1.165) is 24.8 Å². The normalized spacial score (nSPS) is 20.8. The Morgan fingerprint density at radius 1 is 1.33 bits per heavy atom. The van der Waals surface area contributed by atoms with Crippen molar-refractivity contribution in [1.29, 1.82) is 0 Å². The minimum Gasteiger partial charge on any atom is -0.396 e. The Balaban J connectivity index is 1.58. The number of aliphatic hydroxyl groups is 1. The van der Waals surface area contributed by atoms with Crippen LogP contribution in [-0.2, 0) is 0 Å². The Morgan fingerprint density at radius 2 is 2.10 bits per heavy atom. The molecule has 5 nitrogen and oxygen atoms in total. The maximum absolute atomic E-state index is 12.1. The second-order valence-corrected chi connectivity index (χ2v) is 5.46. The number of rotatable bonds is 5. The summed E-state index contributed by atoms with van der Waals surface area (Å²) in [6, 6.07) is 11.4. The summed E-state index contributed by atoms with van der Waals surface area (Å²) in [7, 11) is 0. The summed E-state index contributed by atoms with van der Waals surface area (Å²) < 4.78 is 5.22. The first-order valence-electron chi connectivity index (χ1n) is 7.20. The number of nitrogens with one attached hydrogen (secondary N) is 1. The van der Waals surface area contributed by atoms with Crippen LogP contribution in [0.3, 0.4) is 0 Å². The van der Waals surface area contributed by atoms with Gasteiger partial charge >= 0.3 is 0 Å². The highest BCUT2D eigenvalue weighted by molar-refractivity contribution is 5.93. The minimum atomic E-state index is -0.201. The number of benzene rings is 1. The van der Waals surface area contributed by atoms with Crippen molar-refractivity contribution >= 4 is 5.91 Å². The lowest BCUT2D eigenvalue weighted by Gasteiger charge is -2.35. The van der Waals surface area contributed by atoms with E-state index in [1.165, 1.54) is 0 Å². The predicted molar refractivity (Wildman–Crippen MR) is 77.6 cm³/mol. The van der Waals surface area contributed by atoms with Gasteiger partial charge in [-0.05, 0) is 25.2 Å². The van der Waals surface area contributed by atoms with Gasteiger partial charge in [-0.15, -0.1) is 0 Å². The molecule has 3 rings (SSSR count). The third kappa shape index (κ3) is 3.13. The molecule has 0 saturated heterocycles. The Hall–Kier alpha value is -2.14. The molecule has 5 heteroatoms. The predicted octanol–water partition coefficient (Wildman–Crippen LogP) is 2.23. The molecule has 1 amide bonds. The van der Waals surface area contributed by atoms with Gasteiger partial charge in [-0.3, -0.25) is 4.79 Å². The van der Waals surface area contributed by atoms with Crippen LogP contribution in [-0.4, -0.2) is 28.8 Å². The average molecular weight is 286 g/mol. The van der Waals surface area contributed by atoms with Crippen molar-refractivity contribution in [3.63, 3.8) is 0 Å². The number of carbonyl (C=O) groups excluding carboxylic acids is 1.